The summed E-state index contributed by atoms with van der Waals surface area (Å²) in [5.41, 5.74) is 0.766. The van der Waals surface area contributed by atoms with Gasteiger partial charge in [-0.1, -0.05) is 61.6 Å². The van der Waals surface area contributed by atoms with Gasteiger partial charge in [0, 0.05) is 26.7 Å². The van der Waals surface area contributed by atoms with Crippen molar-refractivity contribution in [3.05, 3.63) is 60.2 Å². The molecule has 0 bridgehead atoms. The van der Waals surface area contributed by atoms with Gasteiger partial charge >= 0.3 is 0 Å². The minimum atomic E-state index is -0.374. The Bertz CT molecular complexity index is 557. The van der Waals surface area contributed by atoms with Crippen LogP contribution in [0, 0.1) is 5.92 Å². The van der Waals surface area contributed by atoms with E-state index in [4.69, 9.17) is 24.1 Å². The van der Waals surface area contributed by atoms with E-state index < -0.39 is 0 Å². The molecule has 0 aliphatic heterocycles. The summed E-state index contributed by atoms with van der Waals surface area (Å²) >= 11 is 0. The van der Waals surface area contributed by atoms with Gasteiger partial charge in [-0.3, -0.25) is 0 Å². The van der Waals surface area contributed by atoms with Gasteiger partial charge in [-0.25, -0.2) is 0 Å². The number of aliphatic hydroxyl groups excluding tert-OH is 1. The zero-order chi connectivity index (χ0) is 20.7. The minimum absolute atomic E-state index is 0.100. The Labute approximate surface area is 170 Å². The summed E-state index contributed by atoms with van der Waals surface area (Å²) in [6.07, 6.45) is 9.47. The monoisotopic (exact) mass is 392 g/mol. The maximum absolute atomic E-state index is 9.02. The lowest BCUT2D eigenvalue weighted by Crippen LogP contribution is -2.27. The van der Waals surface area contributed by atoms with Crippen molar-refractivity contribution in [2.24, 2.45) is 5.92 Å². The Hall–Kier alpha value is -1.50. The van der Waals surface area contributed by atoms with E-state index >= 15 is 0 Å². The Kier molecular flexibility index (Phi) is 12.7. The highest BCUT2D eigenvalue weighted by Gasteiger charge is 2.19. The van der Waals surface area contributed by atoms with E-state index in [9.17, 15) is 0 Å². The van der Waals surface area contributed by atoms with E-state index in [0.29, 0.717) is 19.6 Å². The van der Waals surface area contributed by atoms with Crippen molar-refractivity contribution in [3.63, 3.8) is 0 Å². The lowest BCUT2D eigenvalue weighted by atomic mass is 9.99. The van der Waals surface area contributed by atoms with Crippen LogP contribution >= 0.6 is 0 Å². The van der Waals surface area contributed by atoms with Gasteiger partial charge in [-0.2, -0.15) is 0 Å². The highest BCUT2D eigenvalue weighted by molar-refractivity contribution is 5.13. The molecule has 0 saturated heterocycles. The van der Waals surface area contributed by atoms with Crippen LogP contribution in [0.4, 0.5) is 0 Å². The zero-order valence-electron chi connectivity index (χ0n) is 17.7. The molecule has 1 aromatic carbocycles. The van der Waals surface area contributed by atoms with Gasteiger partial charge in [0.15, 0.2) is 0 Å². The first-order valence-corrected chi connectivity index (χ1v) is 9.79. The number of hydrogen-bond donors (Lipinski definition) is 1. The smallest absolute Gasteiger partial charge is 0.146 e. The second kappa shape index (κ2) is 14.5. The van der Waals surface area contributed by atoms with E-state index in [1.165, 1.54) is 0 Å². The molecule has 5 nitrogen and oxygen atoms in total. The van der Waals surface area contributed by atoms with Crippen molar-refractivity contribution in [2.45, 2.75) is 45.0 Å². The molecule has 0 aliphatic carbocycles. The molecule has 3 atom stereocenters. The average molecular weight is 393 g/mol. The highest BCUT2D eigenvalue weighted by atomic mass is 16.7. The summed E-state index contributed by atoms with van der Waals surface area (Å²) in [5, 5.41) is 9.02. The average Bonchev–Trinajstić information content (AvgIpc) is 2.72. The molecule has 0 saturated carbocycles. The summed E-state index contributed by atoms with van der Waals surface area (Å²) in [7, 11) is 3.30. The quantitative estimate of drug-likeness (QED) is 0.359. The molecule has 1 N–H and O–H groups in total. The van der Waals surface area contributed by atoms with Gasteiger partial charge in [0.2, 0.25) is 0 Å². The van der Waals surface area contributed by atoms with Crippen LogP contribution in [0.25, 0.3) is 0 Å². The third-order valence-corrected chi connectivity index (χ3v) is 4.65. The second-order valence-electron chi connectivity index (χ2n) is 7.06. The van der Waals surface area contributed by atoms with Gasteiger partial charge in [0.05, 0.1) is 24.9 Å². The van der Waals surface area contributed by atoms with Crippen LogP contribution in [-0.2, 0) is 25.6 Å². The van der Waals surface area contributed by atoms with Crippen LogP contribution < -0.4 is 0 Å². The fourth-order valence-electron chi connectivity index (χ4n) is 2.68. The molecule has 0 aliphatic rings. The van der Waals surface area contributed by atoms with Gasteiger partial charge in [-0.05, 0) is 25.3 Å². The predicted octanol–water partition coefficient (Wildman–Crippen LogP) is 4.12. The number of benzene rings is 1. The van der Waals surface area contributed by atoms with Gasteiger partial charge in [-0.15, -0.1) is 0 Å². The number of rotatable bonds is 15. The SMILES string of the molecule is COCO[C@H](COCc1ccccc1)[C@@H](C)/C=C/C=C/[C@@](C)(CCCO)OC. The summed E-state index contributed by atoms with van der Waals surface area (Å²) in [4.78, 5) is 0. The second-order valence-corrected chi connectivity index (χ2v) is 7.06. The van der Waals surface area contributed by atoms with Crippen LogP contribution in [0.2, 0.25) is 0 Å². The molecule has 0 radical (unpaired) electrons. The molecule has 0 fully saturated rings. The highest BCUT2D eigenvalue weighted by Crippen LogP contribution is 2.19. The standard InChI is InChI=1S/C23H36O5/c1-20(11-8-9-14-23(2,26-4)15-10-16-24)22(28-19-25-3)18-27-17-21-12-6-5-7-13-21/h5-9,11-14,20,22,24H,10,15-19H2,1-4H3/b11-8+,14-9+/t20-,22+,23-/m0/s1. The Morgan fingerprint density at radius 2 is 1.89 bits per heavy atom. The van der Waals surface area contributed by atoms with Crippen molar-refractivity contribution in [1.82, 2.24) is 0 Å². The molecular weight excluding hydrogens is 356 g/mol. The number of ether oxygens (including phenoxy) is 4. The van der Waals surface area contributed by atoms with Crippen LogP contribution in [0.3, 0.4) is 0 Å². The zero-order valence-corrected chi connectivity index (χ0v) is 17.7. The lowest BCUT2D eigenvalue weighted by molar-refractivity contribution is -0.110. The van der Waals surface area contributed by atoms with Crippen molar-refractivity contribution in [3.8, 4) is 0 Å². The molecule has 1 aromatic rings. The molecule has 28 heavy (non-hydrogen) atoms. The van der Waals surface area contributed by atoms with E-state index in [1.54, 1.807) is 14.2 Å². The number of allylic oxidation sites excluding steroid dienone is 2. The summed E-state index contributed by atoms with van der Waals surface area (Å²) in [6.45, 7) is 5.55. The fraction of sp³-hybridized carbons (Fsp3) is 0.565. The van der Waals surface area contributed by atoms with Crippen molar-refractivity contribution >= 4 is 0 Å². The van der Waals surface area contributed by atoms with Crippen molar-refractivity contribution in [2.75, 3.05) is 34.2 Å². The Balaban J connectivity index is 2.56. The third kappa shape index (κ3) is 10.2. The minimum Gasteiger partial charge on any atom is -0.396 e. The first kappa shape index (κ1) is 24.5. The summed E-state index contributed by atoms with van der Waals surface area (Å²) in [5.74, 6) is 0.154. The molecule has 158 valence electrons. The van der Waals surface area contributed by atoms with Crippen LogP contribution in [-0.4, -0.2) is 51.0 Å². The molecular formula is C23H36O5. The molecule has 0 spiro atoms. The molecule has 0 unspecified atom stereocenters. The molecule has 0 heterocycles. The van der Waals surface area contributed by atoms with E-state index in [2.05, 4.69) is 13.0 Å². The normalized spacial score (nSPS) is 16.5. The van der Waals surface area contributed by atoms with E-state index in [0.717, 1.165) is 12.0 Å². The first-order valence-electron chi connectivity index (χ1n) is 9.79. The predicted molar refractivity (Wildman–Crippen MR) is 112 cm³/mol. The topological polar surface area (TPSA) is 57.2 Å². The molecule has 1 rings (SSSR count). The van der Waals surface area contributed by atoms with Crippen molar-refractivity contribution < 1.29 is 24.1 Å². The van der Waals surface area contributed by atoms with Gasteiger partial charge in [0.1, 0.15) is 6.79 Å². The third-order valence-electron chi connectivity index (χ3n) is 4.65. The molecule has 0 amide bonds. The first-order chi connectivity index (χ1) is 13.5. The number of methoxy groups -OCH3 is 2. The van der Waals surface area contributed by atoms with Crippen LogP contribution in [0.5, 0.6) is 0 Å². The van der Waals surface area contributed by atoms with Gasteiger partial charge in [0.25, 0.3) is 0 Å². The van der Waals surface area contributed by atoms with E-state index in [-0.39, 0.29) is 31.0 Å². The Morgan fingerprint density at radius 3 is 2.54 bits per heavy atom. The number of aliphatic hydroxyl groups is 1. The summed E-state index contributed by atoms with van der Waals surface area (Å²) in [6, 6.07) is 10.1. The summed E-state index contributed by atoms with van der Waals surface area (Å²) < 4.78 is 22.2. The Morgan fingerprint density at radius 1 is 1.14 bits per heavy atom. The number of hydrogen-bond acceptors (Lipinski definition) is 5. The molecule has 0 aromatic heterocycles. The maximum atomic E-state index is 9.02. The molecule has 5 heteroatoms. The maximum Gasteiger partial charge on any atom is 0.146 e. The fourth-order valence-corrected chi connectivity index (χ4v) is 2.68. The van der Waals surface area contributed by atoms with Crippen LogP contribution in [0.15, 0.2) is 54.6 Å². The van der Waals surface area contributed by atoms with Crippen molar-refractivity contribution in [1.29, 1.82) is 0 Å². The van der Waals surface area contributed by atoms with Crippen LogP contribution in [0.1, 0.15) is 32.3 Å². The lowest BCUT2D eigenvalue weighted by Gasteiger charge is -2.24. The van der Waals surface area contributed by atoms with Gasteiger partial charge < -0.3 is 24.1 Å². The van der Waals surface area contributed by atoms with E-state index in [1.807, 2.05) is 55.5 Å². The largest absolute Gasteiger partial charge is 0.396 e.